The Bertz CT molecular complexity index is 195. The smallest absolute Gasteiger partial charge is 0.407 e. The number of amides is 1. The van der Waals surface area contributed by atoms with E-state index in [1.54, 1.807) is 0 Å². The van der Waals surface area contributed by atoms with Crippen LogP contribution < -0.4 is 5.32 Å². The van der Waals surface area contributed by atoms with Crippen LogP contribution in [0.4, 0.5) is 4.79 Å². The highest BCUT2D eigenvalue weighted by Crippen LogP contribution is 1.97. The van der Waals surface area contributed by atoms with Crippen molar-refractivity contribution in [2.24, 2.45) is 0 Å². The number of ether oxygens (including phenoxy) is 2. The van der Waals surface area contributed by atoms with Gasteiger partial charge in [0.2, 0.25) is 0 Å². The Morgan fingerprint density at radius 1 is 1.44 bits per heavy atom. The molecule has 1 aliphatic heterocycles. The highest BCUT2D eigenvalue weighted by atomic mass is 16.6. The second-order valence-electron chi connectivity index (χ2n) is 3.59. The molecule has 16 heavy (non-hydrogen) atoms. The lowest BCUT2D eigenvalue weighted by atomic mass is 10.3. The Morgan fingerprint density at radius 2 is 2.19 bits per heavy atom. The van der Waals surface area contributed by atoms with E-state index in [1.807, 2.05) is 0 Å². The third kappa shape index (κ3) is 5.89. The lowest BCUT2D eigenvalue weighted by molar-refractivity contribution is 0.0373. The van der Waals surface area contributed by atoms with Gasteiger partial charge in [-0.1, -0.05) is 0 Å². The zero-order chi connectivity index (χ0) is 11.6. The number of aliphatic hydroxyl groups is 1. The monoisotopic (exact) mass is 232 g/mol. The molecule has 0 aromatic carbocycles. The molecule has 0 unspecified atom stereocenters. The van der Waals surface area contributed by atoms with Crippen LogP contribution >= 0.6 is 0 Å². The summed E-state index contributed by atoms with van der Waals surface area (Å²) in [5.41, 5.74) is 0. The number of nitrogens with zero attached hydrogens (tertiary/aromatic N) is 1. The van der Waals surface area contributed by atoms with E-state index in [1.165, 1.54) is 0 Å². The van der Waals surface area contributed by atoms with Crippen LogP contribution in [0.15, 0.2) is 0 Å². The van der Waals surface area contributed by atoms with Crippen molar-refractivity contribution in [3.8, 4) is 0 Å². The molecule has 6 heteroatoms. The van der Waals surface area contributed by atoms with Gasteiger partial charge in [-0.05, 0) is 13.0 Å². The van der Waals surface area contributed by atoms with Crippen LogP contribution in [0.1, 0.15) is 6.42 Å². The first-order valence-corrected chi connectivity index (χ1v) is 5.64. The average Bonchev–Trinajstić information content (AvgIpc) is 2.33. The molecule has 0 atom stereocenters. The van der Waals surface area contributed by atoms with Crippen LogP contribution in [-0.2, 0) is 9.47 Å². The number of carbonyl (C=O) groups excluding carboxylic acids is 1. The lowest BCUT2D eigenvalue weighted by Crippen LogP contribution is -2.38. The molecule has 1 heterocycles. The van der Waals surface area contributed by atoms with Gasteiger partial charge < -0.3 is 19.9 Å². The molecule has 0 aromatic heterocycles. The van der Waals surface area contributed by atoms with E-state index in [2.05, 4.69) is 15.0 Å². The van der Waals surface area contributed by atoms with Crippen LogP contribution in [0.5, 0.6) is 0 Å². The molecular weight excluding hydrogens is 212 g/mol. The van der Waals surface area contributed by atoms with Crippen molar-refractivity contribution in [3.63, 3.8) is 0 Å². The number of hydrogen-bond donors (Lipinski definition) is 2. The van der Waals surface area contributed by atoms with Gasteiger partial charge in [-0.2, -0.15) is 0 Å². The molecule has 0 radical (unpaired) electrons. The van der Waals surface area contributed by atoms with E-state index in [9.17, 15) is 4.79 Å². The van der Waals surface area contributed by atoms with Crippen molar-refractivity contribution >= 4 is 6.09 Å². The van der Waals surface area contributed by atoms with E-state index < -0.39 is 6.09 Å². The topological polar surface area (TPSA) is 71.0 Å². The number of morpholine rings is 1. The van der Waals surface area contributed by atoms with Gasteiger partial charge >= 0.3 is 6.09 Å². The predicted molar refractivity (Wildman–Crippen MR) is 58.3 cm³/mol. The van der Waals surface area contributed by atoms with Crippen LogP contribution in [-0.4, -0.2) is 68.7 Å². The number of rotatable bonds is 6. The minimum absolute atomic E-state index is 0.0509. The lowest BCUT2D eigenvalue weighted by Gasteiger charge is -2.26. The molecule has 1 aliphatic rings. The first kappa shape index (κ1) is 13.2. The van der Waals surface area contributed by atoms with Crippen molar-refractivity contribution in [3.05, 3.63) is 0 Å². The molecule has 1 fully saturated rings. The fourth-order valence-electron chi connectivity index (χ4n) is 1.51. The molecule has 0 bridgehead atoms. The third-order valence-electron chi connectivity index (χ3n) is 2.35. The molecule has 1 rings (SSSR count). The molecule has 0 aromatic rings. The Morgan fingerprint density at radius 3 is 2.88 bits per heavy atom. The average molecular weight is 232 g/mol. The van der Waals surface area contributed by atoms with E-state index in [0.717, 1.165) is 39.3 Å². The van der Waals surface area contributed by atoms with Crippen LogP contribution in [0.2, 0.25) is 0 Å². The normalized spacial score (nSPS) is 17.1. The highest BCUT2D eigenvalue weighted by Gasteiger charge is 2.09. The maximum Gasteiger partial charge on any atom is 0.407 e. The summed E-state index contributed by atoms with van der Waals surface area (Å²) < 4.78 is 9.88. The standard InChI is InChI=1S/C10H20N2O4/c13-6-9-16-10(14)11-2-1-3-12-4-7-15-8-5-12/h13H,1-9H2,(H,11,14). The van der Waals surface area contributed by atoms with Crippen molar-refractivity contribution in [1.29, 1.82) is 0 Å². The first-order valence-electron chi connectivity index (χ1n) is 5.64. The van der Waals surface area contributed by atoms with Crippen LogP contribution in [0.3, 0.4) is 0 Å². The van der Waals surface area contributed by atoms with Crippen LogP contribution in [0, 0.1) is 0 Å². The highest BCUT2D eigenvalue weighted by molar-refractivity contribution is 5.66. The molecule has 0 aliphatic carbocycles. The summed E-state index contributed by atoms with van der Waals surface area (Å²) in [6.07, 6.45) is 0.435. The number of alkyl carbamates (subject to hydrolysis) is 1. The van der Waals surface area contributed by atoms with Gasteiger partial charge in [0.25, 0.3) is 0 Å². The van der Waals surface area contributed by atoms with Gasteiger partial charge in [-0.3, -0.25) is 4.90 Å². The van der Waals surface area contributed by atoms with E-state index in [-0.39, 0.29) is 13.2 Å². The van der Waals surface area contributed by atoms with Gasteiger partial charge in [0, 0.05) is 19.6 Å². The van der Waals surface area contributed by atoms with Gasteiger partial charge in [-0.25, -0.2) is 4.79 Å². The minimum Gasteiger partial charge on any atom is -0.447 e. The fraction of sp³-hybridized carbons (Fsp3) is 0.900. The summed E-state index contributed by atoms with van der Waals surface area (Å²) in [4.78, 5) is 13.3. The number of aliphatic hydroxyl groups excluding tert-OH is 1. The summed E-state index contributed by atoms with van der Waals surface area (Å²) in [7, 11) is 0. The van der Waals surface area contributed by atoms with Gasteiger partial charge in [0.15, 0.2) is 0 Å². The summed E-state index contributed by atoms with van der Waals surface area (Å²) in [5.74, 6) is 0. The molecule has 2 N–H and O–H groups in total. The molecule has 6 nitrogen and oxygen atoms in total. The summed E-state index contributed by atoms with van der Waals surface area (Å²) in [6, 6.07) is 0. The van der Waals surface area contributed by atoms with Gasteiger partial charge in [-0.15, -0.1) is 0 Å². The Kier molecular flexibility index (Phi) is 6.87. The minimum atomic E-state index is -0.462. The van der Waals surface area contributed by atoms with Gasteiger partial charge in [0.05, 0.1) is 19.8 Å². The largest absolute Gasteiger partial charge is 0.447 e. The third-order valence-corrected chi connectivity index (χ3v) is 2.35. The first-order chi connectivity index (χ1) is 7.83. The maximum atomic E-state index is 11.0. The van der Waals surface area contributed by atoms with E-state index in [4.69, 9.17) is 9.84 Å². The van der Waals surface area contributed by atoms with Crippen molar-refractivity contribution in [2.45, 2.75) is 6.42 Å². The van der Waals surface area contributed by atoms with E-state index in [0.29, 0.717) is 6.54 Å². The summed E-state index contributed by atoms with van der Waals surface area (Å²) in [6.45, 7) is 5.00. The van der Waals surface area contributed by atoms with E-state index >= 15 is 0 Å². The zero-order valence-corrected chi connectivity index (χ0v) is 9.48. The summed E-state index contributed by atoms with van der Waals surface area (Å²) in [5, 5.41) is 11.1. The SMILES string of the molecule is O=C(NCCCN1CCOCC1)OCCO. The Balaban J connectivity index is 1.92. The Labute approximate surface area is 95.5 Å². The van der Waals surface area contributed by atoms with Crippen molar-refractivity contribution in [1.82, 2.24) is 10.2 Å². The molecular formula is C10H20N2O4. The number of carbonyl (C=O) groups is 1. The molecule has 0 spiro atoms. The number of hydrogen-bond acceptors (Lipinski definition) is 5. The summed E-state index contributed by atoms with van der Waals surface area (Å²) >= 11 is 0. The fourth-order valence-corrected chi connectivity index (χ4v) is 1.51. The van der Waals surface area contributed by atoms with Crippen molar-refractivity contribution < 1.29 is 19.4 Å². The predicted octanol–water partition coefficient (Wildman–Crippen LogP) is -0.573. The second kappa shape index (κ2) is 8.32. The molecule has 1 amide bonds. The number of nitrogens with one attached hydrogen (secondary N) is 1. The molecule has 1 saturated heterocycles. The molecule has 94 valence electrons. The van der Waals surface area contributed by atoms with Crippen LogP contribution in [0.25, 0.3) is 0 Å². The quantitative estimate of drug-likeness (QED) is 0.600. The zero-order valence-electron chi connectivity index (χ0n) is 9.48. The second-order valence-corrected chi connectivity index (χ2v) is 3.59. The van der Waals surface area contributed by atoms with Gasteiger partial charge in [0.1, 0.15) is 6.61 Å². The van der Waals surface area contributed by atoms with Crippen molar-refractivity contribution in [2.75, 3.05) is 52.6 Å². The molecule has 0 saturated carbocycles. The Hall–Kier alpha value is -0.850. The maximum absolute atomic E-state index is 11.0.